The van der Waals surface area contributed by atoms with Gasteiger partial charge in [-0.3, -0.25) is 9.63 Å². The average Bonchev–Trinajstić information content (AvgIpc) is 2.87. The van der Waals surface area contributed by atoms with Crippen LogP contribution in [0.4, 0.5) is 13.2 Å². The molecule has 11 heteroatoms. The standard InChI is InChI=1S/C16H15Cl3F3N3O2/c1-7(4-9-10(18)5-8(17)6-11(9)19)25(27-3)16(26)12-13(14(20)21)23-24(2)15(12)22/h5-7,14H,4H2,1-3H3/t7-/m1/s1. The summed E-state index contributed by atoms with van der Waals surface area (Å²) in [5, 5.41) is 5.00. The number of aryl methyl sites for hydroxylation is 1. The number of hydrogen-bond acceptors (Lipinski definition) is 3. The maximum absolute atomic E-state index is 14.2. The normalized spacial score (nSPS) is 12.5. The van der Waals surface area contributed by atoms with Gasteiger partial charge in [-0.15, -0.1) is 0 Å². The van der Waals surface area contributed by atoms with Crippen molar-refractivity contribution in [1.29, 1.82) is 0 Å². The van der Waals surface area contributed by atoms with E-state index in [4.69, 9.17) is 39.6 Å². The Kier molecular flexibility index (Phi) is 7.02. The second kappa shape index (κ2) is 8.68. The minimum atomic E-state index is -3.13. The van der Waals surface area contributed by atoms with Gasteiger partial charge in [0.05, 0.1) is 13.2 Å². The quantitative estimate of drug-likeness (QED) is 0.583. The van der Waals surface area contributed by atoms with E-state index in [1.54, 1.807) is 6.92 Å². The largest absolute Gasteiger partial charge is 0.284 e. The molecule has 0 spiro atoms. The Morgan fingerprint density at radius 1 is 1.30 bits per heavy atom. The van der Waals surface area contributed by atoms with Gasteiger partial charge in [0.15, 0.2) is 0 Å². The second-order valence-corrected chi connectivity index (χ2v) is 6.94. The zero-order valence-corrected chi connectivity index (χ0v) is 16.7. The van der Waals surface area contributed by atoms with Crippen molar-refractivity contribution in [1.82, 2.24) is 14.8 Å². The lowest BCUT2D eigenvalue weighted by Gasteiger charge is -2.27. The molecule has 1 amide bonds. The Morgan fingerprint density at radius 3 is 2.33 bits per heavy atom. The van der Waals surface area contributed by atoms with Crippen LogP contribution in [0.15, 0.2) is 12.1 Å². The second-order valence-electron chi connectivity index (χ2n) is 5.69. The lowest BCUT2D eigenvalue weighted by molar-refractivity contribution is -0.119. The summed E-state index contributed by atoms with van der Waals surface area (Å²) in [5.74, 6) is -2.28. The minimum absolute atomic E-state index is 0.111. The zero-order valence-electron chi connectivity index (χ0n) is 14.4. The number of rotatable bonds is 6. The lowest BCUT2D eigenvalue weighted by atomic mass is 10.1. The first-order valence-corrected chi connectivity index (χ1v) is 8.73. The van der Waals surface area contributed by atoms with Crippen molar-refractivity contribution in [2.45, 2.75) is 25.8 Å². The summed E-state index contributed by atoms with van der Waals surface area (Å²) in [5.41, 5.74) is -1.34. The summed E-state index contributed by atoms with van der Waals surface area (Å²) in [6, 6.07) is 2.24. The van der Waals surface area contributed by atoms with Crippen LogP contribution in [0.5, 0.6) is 0 Å². The fourth-order valence-electron chi connectivity index (χ4n) is 2.59. The number of hydroxylamine groups is 2. The Bertz CT molecular complexity index is 838. The number of nitrogens with zero attached hydrogens (tertiary/aromatic N) is 3. The molecular weight excluding hydrogens is 430 g/mol. The third-order valence-corrected chi connectivity index (χ3v) is 4.72. The van der Waals surface area contributed by atoms with Crippen molar-refractivity contribution >= 4 is 40.7 Å². The molecule has 0 bridgehead atoms. The average molecular weight is 445 g/mol. The van der Waals surface area contributed by atoms with Gasteiger partial charge in [-0.25, -0.2) is 18.5 Å². The van der Waals surface area contributed by atoms with Crippen LogP contribution in [0, 0.1) is 5.95 Å². The molecule has 0 aliphatic heterocycles. The van der Waals surface area contributed by atoms with Crippen molar-refractivity contribution in [3.8, 4) is 0 Å². The van der Waals surface area contributed by atoms with Gasteiger partial charge in [0.2, 0.25) is 5.95 Å². The van der Waals surface area contributed by atoms with Crippen molar-refractivity contribution in [2.75, 3.05) is 7.11 Å². The molecule has 0 fully saturated rings. The predicted octanol–water partition coefficient (Wildman–Crippen LogP) is 5.09. The van der Waals surface area contributed by atoms with Gasteiger partial charge in [-0.05, 0) is 31.0 Å². The molecule has 0 aliphatic rings. The topological polar surface area (TPSA) is 47.4 Å². The molecule has 1 aromatic carbocycles. The van der Waals surface area contributed by atoms with E-state index in [9.17, 15) is 18.0 Å². The first kappa shape index (κ1) is 21.8. The number of alkyl halides is 2. The van der Waals surface area contributed by atoms with Crippen LogP contribution in [0.1, 0.15) is 35.0 Å². The van der Waals surface area contributed by atoms with E-state index in [1.165, 1.54) is 12.1 Å². The summed E-state index contributed by atoms with van der Waals surface area (Å²) in [4.78, 5) is 17.7. The predicted molar refractivity (Wildman–Crippen MR) is 95.9 cm³/mol. The molecule has 0 saturated heterocycles. The Balaban J connectivity index is 2.36. The zero-order chi connectivity index (χ0) is 20.5. The fraction of sp³-hybridized carbons (Fsp3) is 0.375. The van der Waals surface area contributed by atoms with Gasteiger partial charge in [0, 0.05) is 22.1 Å². The number of aromatic nitrogens is 2. The molecule has 27 heavy (non-hydrogen) atoms. The number of carbonyl (C=O) groups excluding carboxylic acids is 1. The van der Waals surface area contributed by atoms with E-state index in [0.717, 1.165) is 19.2 Å². The van der Waals surface area contributed by atoms with Crippen molar-refractivity contribution in [3.63, 3.8) is 0 Å². The van der Waals surface area contributed by atoms with E-state index < -0.39 is 35.6 Å². The molecule has 0 unspecified atom stereocenters. The first-order chi connectivity index (χ1) is 12.6. The molecule has 1 atom stereocenters. The molecule has 5 nitrogen and oxygen atoms in total. The number of carbonyl (C=O) groups is 1. The Labute approximate surface area is 168 Å². The number of amides is 1. The number of halogens is 6. The van der Waals surface area contributed by atoms with Gasteiger partial charge < -0.3 is 0 Å². The summed E-state index contributed by atoms with van der Waals surface area (Å²) in [7, 11) is 2.28. The van der Waals surface area contributed by atoms with Crippen LogP contribution >= 0.6 is 34.8 Å². The SMILES string of the molecule is CON(C(=O)c1c(C(F)F)nn(C)c1F)[C@H](C)Cc1c(Cl)cc(Cl)cc1Cl. The Hall–Kier alpha value is -1.48. The molecule has 1 heterocycles. The fourth-order valence-corrected chi connectivity index (χ4v) is 3.56. The van der Waals surface area contributed by atoms with E-state index in [0.29, 0.717) is 15.3 Å². The highest BCUT2D eigenvalue weighted by Gasteiger charge is 2.34. The Morgan fingerprint density at radius 2 is 1.85 bits per heavy atom. The molecule has 0 N–H and O–H groups in total. The van der Waals surface area contributed by atoms with Crippen LogP contribution in [0.2, 0.25) is 15.1 Å². The minimum Gasteiger partial charge on any atom is -0.274 e. The molecule has 0 aliphatic carbocycles. The number of hydrogen-bond donors (Lipinski definition) is 0. The van der Waals surface area contributed by atoms with Crippen molar-refractivity contribution in [3.05, 3.63) is 50.0 Å². The van der Waals surface area contributed by atoms with E-state index in [2.05, 4.69) is 5.10 Å². The monoisotopic (exact) mass is 443 g/mol. The maximum atomic E-state index is 14.2. The molecular formula is C16H15Cl3F3N3O2. The lowest BCUT2D eigenvalue weighted by Crippen LogP contribution is -2.39. The number of benzene rings is 1. The molecule has 2 aromatic rings. The summed E-state index contributed by atoms with van der Waals surface area (Å²) >= 11 is 18.1. The van der Waals surface area contributed by atoms with Crippen LogP contribution < -0.4 is 0 Å². The van der Waals surface area contributed by atoms with Gasteiger partial charge in [0.25, 0.3) is 12.3 Å². The summed E-state index contributed by atoms with van der Waals surface area (Å²) < 4.78 is 41.0. The third-order valence-electron chi connectivity index (χ3n) is 3.83. The molecule has 2 rings (SSSR count). The molecule has 0 radical (unpaired) electrons. The molecule has 148 valence electrons. The van der Waals surface area contributed by atoms with E-state index in [-0.39, 0.29) is 16.5 Å². The van der Waals surface area contributed by atoms with Gasteiger partial charge in [-0.1, -0.05) is 34.8 Å². The maximum Gasteiger partial charge on any atom is 0.284 e. The molecule has 1 aromatic heterocycles. The van der Waals surface area contributed by atoms with Crippen molar-refractivity contribution < 1.29 is 22.8 Å². The van der Waals surface area contributed by atoms with Gasteiger partial charge in [-0.2, -0.15) is 9.49 Å². The van der Waals surface area contributed by atoms with Crippen LogP contribution in [0.3, 0.4) is 0 Å². The summed E-state index contributed by atoms with van der Waals surface area (Å²) in [6.45, 7) is 1.57. The van der Waals surface area contributed by atoms with Crippen molar-refractivity contribution in [2.24, 2.45) is 7.05 Å². The van der Waals surface area contributed by atoms with E-state index in [1.807, 2.05) is 0 Å². The highest BCUT2D eigenvalue weighted by Crippen LogP contribution is 2.31. The van der Waals surface area contributed by atoms with E-state index >= 15 is 0 Å². The van der Waals surface area contributed by atoms with Crippen LogP contribution in [-0.2, 0) is 18.3 Å². The molecule has 0 saturated carbocycles. The third kappa shape index (κ3) is 4.51. The first-order valence-electron chi connectivity index (χ1n) is 7.60. The highest BCUT2D eigenvalue weighted by molar-refractivity contribution is 6.39. The summed E-state index contributed by atoms with van der Waals surface area (Å²) in [6.07, 6.45) is -3.02. The van der Waals surface area contributed by atoms with Crippen LogP contribution in [0.25, 0.3) is 0 Å². The van der Waals surface area contributed by atoms with Gasteiger partial charge >= 0.3 is 0 Å². The highest BCUT2D eigenvalue weighted by atomic mass is 35.5. The smallest absolute Gasteiger partial charge is 0.274 e. The van der Waals surface area contributed by atoms with Gasteiger partial charge in [0.1, 0.15) is 11.3 Å². The van der Waals surface area contributed by atoms with Crippen LogP contribution in [-0.4, -0.2) is 33.9 Å².